The lowest BCUT2D eigenvalue weighted by Gasteiger charge is -2.34. The van der Waals surface area contributed by atoms with Crippen LogP contribution < -0.4 is 0 Å². The molecule has 0 rings (SSSR count). The molecule has 7 nitrogen and oxygen atoms in total. The second kappa shape index (κ2) is 16.8. The lowest BCUT2D eigenvalue weighted by molar-refractivity contribution is -0.0302. The first kappa shape index (κ1) is 29.2. The monoisotopic (exact) mass is 454 g/mol. The molecule has 0 aromatic rings. The van der Waals surface area contributed by atoms with Crippen LogP contribution in [0.15, 0.2) is 0 Å². The highest BCUT2D eigenvalue weighted by molar-refractivity contribution is 6.84. The van der Waals surface area contributed by atoms with Crippen LogP contribution in [0.5, 0.6) is 0 Å². The van der Waals surface area contributed by atoms with Gasteiger partial charge in [0.1, 0.15) is 12.2 Å². The molecule has 0 N–H and O–H groups in total. The molecule has 0 aliphatic heterocycles. The molecule has 9 heteroatoms. The average Bonchev–Trinajstić information content (AvgIpc) is 2.64. The molecule has 2 atom stereocenters. The molecule has 0 spiro atoms. The Kier molecular flexibility index (Phi) is 16.9. The van der Waals surface area contributed by atoms with Crippen LogP contribution in [-0.2, 0) is 32.5 Å². The number of hydrogen-bond acceptors (Lipinski definition) is 7. The second-order valence-corrected chi connectivity index (χ2v) is 17.5. The summed E-state index contributed by atoms with van der Waals surface area (Å²) < 4.78 is 39.0. The summed E-state index contributed by atoms with van der Waals surface area (Å²) in [6.45, 7) is 13.0. The third-order valence-electron chi connectivity index (χ3n) is 4.67. The molecular weight excluding hydrogens is 408 g/mol. The molecule has 0 fully saturated rings. The zero-order chi connectivity index (χ0) is 22.2. The Morgan fingerprint density at radius 2 is 0.966 bits per heavy atom. The molecule has 0 heterocycles. The molecule has 0 aromatic carbocycles. The molecule has 2 unspecified atom stereocenters. The van der Waals surface area contributed by atoms with Crippen molar-refractivity contribution in [1.29, 1.82) is 0 Å². The first-order valence-electron chi connectivity index (χ1n) is 10.6. The largest absolute Gasteiger partial charge is 0.455 e. The van der Waals surface area contributed by atoms with E-state index in [2.05, 4.69) is 26.2 Å². The standard InChI is InChI=1S/C20H46O7Si2/c1-21-15-19(23-3)17-25-11-9-13-28(5,6)27-29(7,8)14-10-12-26-18-20(24-4)16-22-2/h19-20H,9-18H2,1-8H3. The Labute approximate surface area is 180 Å². The smallest absolute Gasteiger partial charge is 0.173 e. The maximum Gasteiger partial charge on any atom is 0.173 e. The first-order chi connectivity index (χ1) is 13.7. The van der Waals surface area contributed by atoms with Crippen LogP contribution in [0.25, 0.3) is 0 Å². The minimum absolute atomic E-state index is 0.00345. The van der Waals surface area contributed by atoms with Crippen molar-refractivity contribution in [1.82, 2.24) is 0 Å². The highest BCUT2D eigenvalue weighted by atomic mass is 28.4. The van der Waals surface area contributed by atoms with Crippen LogP contribution in [0.1, 0.15) is 12.8 Å². The number of hydrogen-bond donors (Lipinski definition) is 0. The third kappa shape index (κ3) is 16.5. The minimum Gasteiger partial charge on any atom is -0.455 e. The third-order valence-corrected chi connectivity index (χ3v) is 12.2. The van der Waals surface area contributed by atoms with Crippen LogP contribution >= 0.6 is 0 Å². The van der Waals surface area contributed by atoms with Gasteiger partial charge in [-0.3, -0.25) is 0 Å². The van der Waals surface area contributed by atoms with Crippen molar-refractivity contribution in [3.63, 3.8) is 0 Å². The molecule has 0 aliphatic rings. The van der Waals surface area contributed by atoms with E-state index in [0.717, 1.165) is 38.1 Å². The van der Waals surface area contributed by atoms with Gasteiger partial charge >= 0.3 is 0 Å². The Balaban J connectivity index is 4.00. The molecule has 0 aliphatic carbocycles. The molecule has 0 saturated heterocycles. The highest BCUT2D eigenvalue weighted by Crippen LogP contribution is 2.23. The lowest BCUT2D eigenvalue weighted by Crippen LogP contribution is -2.44. The highest BCUT2D eigenvalue weighted by Gasteiger charge is 2.32. The number of methoxy groups -OCH3 is 4. The van der Waals surface area contributed by atoms with Crippen molar-refractivity contribution in [2.75, 3.05) is 68.1 Å². The van der Waals surface area contributed by atoms with Gasteiger partial charge in [0.25, 0.3) is 0 Å². The summed E-state index contributed by atoms with van der Waals surface area (Å²) >= 11 is 0. The molecule has 0 radical (unpaired) electrons. The van der Waals surface area contributed by atoms with Crippen LogP contribution in [0.2, 0.25) is 38.3 Å². The van der Waals surface area contributed by atoms with Crippen molar-refractivity contribution in [3.8, 4) is 0 Å². The summed E-state index contributed by atoms with van der Waals surface area (Å²) in [6.07, 6.45) is 2.05. The minimum atomic E-state index is -1.69. The Morgan fingerprint density at radius 3 is 1.28 bits per heavy atom. The maximum atomic E-state index is 6.68. The van der Waals surface area contributed by atoms with Gasteiger partial charge in [0.05, 0.1) is 26.4 Å². The SMILES string of the molecule is COCC(COCCC[Si](C)(C)O[Si](C)(C)CCCOCC(COC)OC)OC. The summed E-state index contributed by atoms with van der Waals surface area (Å²) in [5.41, 5.74) is 0. The second-order valence-electron chi connectivity index (χ2n) is 8.60. The van der Waals surface area contributed by atoms with E-state index in [1.165, 1.54) is 0 Å². The predicted octanol–water partition coefficient (Wildman–Crippen LogP) is 3.55. The Bertz CT molecular complexity index is 350. The quantitative estimate of drug-likeness (QED) is 0.206. The van der Waals surface area contributed by atoms with E-state index in [-0.39, 0.29) is 12.2 Å². The maximum absolute atomic E-state index is 6.68. The van der Waals surface area contributed by atoms with Gasteiger partial charge in [-0.05, 0) is 51.1 Å². The summed E-state index contributed by atoms with van der Waals surface area (Å²) in [5.74, 6) is 0. The van der Waals surface area contributed by atoms with Crippen LogP contribution in [0, 0.1) is 0 Å². The zero-order valence-corrected chi connectivity index (χ0v) is 22.1. The molecule has 176 valence electrons. The van der Waals surface area contributed by atoms with Crippen molar-refractivity contribution < 1.29 is 32.5 Å². The fraction of sp³-hybridized carbons (Fsp3) is 1.00. The van der Waals surface area contributed by atoms with E-state index in [1.807, 2.05) is 0 Å². The van der Waals surface area contributed by atoms with Crippen LogP contribution in [0.4, 0.5) is 0 Å². The fourth-order valence-corrected chi connectivity index (χ4v) is 12.0. The van der Waals surface area contributed by atoms with Crippen molar-refractivity contribution in [2.24, 2.45) is 0 Å². The van der Waals surface area contributed by atoms with Crippen LogP contribution in [0.3, 0.4) is 0 Å². The van der Waals surface area contributed by atoms with Gasteiger partial charge in [-0.15, -0.1) is 0 Å². The predicted molar refractivity (Wildman–Crippen MR) is 122 cm³/mol. The Hall–Kier alpha value is 0.154. The first-order valence-corrected chi connectivity index (χ1v) is 16.8. The van der Waals surface area contributed by atoms with Gasteiger partial charge in [0.15, 0.2) is 16.6 Å². The van der Waals surface area contributed by atoms with E-state index in [1.54, 1.807) is 28.4 Å². The van der Waals surface area contributed by atoms with E-state index >= 15 is 0 Å². The van der Waals surface area contributed by atoms with E-state index < -0.39 is 16.6 Å². The van der Waals surface area contributed by atoms with Crippen molar-refractivity contribution >= 4 is 16.6 Å². The van der Waals surface area contributed by atoms with E-state index in [4.69, 9.17) is 32.5 Å². The molecule has 0 bridgehead atoms. The van der Waals surface area contributed by atoms with Crippen molar-refractivity contribution in [2.45, 2.75) is 63.3 Å². The summed E-state index contributed by atoms with van der Waals surface area (Å²) in [7, 11) is 3.33. The fourth-order valence-electron chi connectivity index (χ4n) is 3.22. The molecule has 0 aromatic heterocycles. The lowest BCUT2D eigenvalue weighted by atomic mass is 10.4. The average molecular weight is 455 g/mol. The molecule has 29 heavy (non-hydrogen) atoms. The van der Waals surface area contributed by atoms with Crippen LogP contribution in [-0.4, -0.2) is 96.9 Å². The van der Waals surface area contributed by atoms with Gasteiger partial charge < -0.3 is 32.5 Å². The number of ether oxygens (including phenoxy) is 6. The molecule has 0 amide bonds. The van der Waals surface area contributed by atoms with Gasteiger partial charge in [-0.25, -0.2) is 0 Å². The summed E-state index contributed by atoms with van der Waals surface area (Å²) in [4.78, 5) is 0. The van der Waals surface area contributed by atoms with Gasteiger partial charge in [0, 0.05) is 41.7 Å². The normalized spacial score (nSPS) is 14.9. The topological polar surface area (TPSA) is 64.6 Å². The van der Waals surface area contributed by atoms with Gasteiger partial charge in [0.2, 0.25) is 0 Å². The molecule has 0 saturated carbocycles. The zero-order valence-electron chi connectivity index (χ0n) is 20.1. The molecular formula is C20H46O7Si2. The summed E-state index contributed by atoms with van der Waals surface area (Å²) in [5, 5.41) is 0. The van der Waals surface area contributed by atoms with Gasteiger partial charge in [-0.1, -0.05) is 0 Å². The van der Waals surface area contributed by atoms with Crippen molar-refractivity contribution in [3.05, 3.63) is 0 Å². The summed E-state index contributed by atoms with van der Waals surface area (Å²) in [6, 6.07) is 2.21. The van der Waals surface area contributed by atoms with E-state index in [0.29, 0.717) is 26.4 Å². The van der Waals surface area contributed by atoms with Gasteiger partial charge in [-0.2, -0.15) is 0 Å². The number of rotatable bonds is 20. The Morgan fingerprint density at radius 1 is 0.586 bits per heavy atom. The van der Waals surface area contributed by atoms with E-state index in [9.17, 15) is 0 Å².